The van der Waals surface area contributed by atoms with E-state index in [0.29, 0.717) is 5.56 Å². The van der Waals surface area contributed by atoms with Crippen LogP contribution in [0.1, 0.15) is 38.8 Å². The van der Waals surface area contributed by atoms with Crippen LogP contribution in [0.5, 0.6) is 0 Å². The average Bonchev–Trinajstić information content (AvgIpc) is 2.48. The molecule has 0 N–H and O–H groups in total. The number of carbonyl (C=O) groups excluding carboxylic acids is 1. The van der Waals surface area contributed by atoms with Gasteiger partial charge in [0, 0.05) is 5.57 Å². The summed E-state index contributed by atoms with van der Waals surface area (Å²) in [4.78, 5) is 13.5. The van der Waals surface area contributed by atoms with Crippen LogP contribution in [0.3, 0.4) is 0 Å². The van der Waals surface area contributed by atoms with Crippen molar-refractivity contribution in [1.29, 1.82) is 0 Å². The highest BCUT2D eigenvalue weighted by Gasteiger charge is 2.37. The number of carbonyl (C=O) groups is 1. The van der Waals surface area contributed by atoms with Crippen molar-refractivity contribution in [3.8, 4) is 0 Å². The molecule has 144 valence electrons. The molecule has 1 aromatic carbocycles. The molecule has 0 bridgehead atoms. The molecule has 0 saturated carbocycles. The fourth-order valence-electron chi connectivity index (χ4n) is 2.20. The van der Waals surface area contributed by atoms with Gasteiger partial charge < -0.3 is 4.74 Å². The number of nitrogens with zero attached hydrogens (tertiary/aromatic N) is 1. The van der Waals surface area contributed by atoms with E-state index in [1.54, 1.807) is 20.8 Å². The molecule has 0 heterocycles. The van der Waals surface area contributed by atoms with E-state index in [1.807, 2.05) is 0 Å². The average molecular weight is 373 g/mol. The van der Waals surface area contributed by atoms with Crippen molar-refractivity contribution in [2.45, 2.75) is 45.0 Å². The van der Waals surface area contributed by atoms with Gasteiger partial charge in [-0.2, -0.15) is 13.2 Å². The van der Waals surface area contributed by atoms with Gasteiger partial charge in [-0.1, -0.05) is 24.8 Å². The fourth-order valence-corrected chi connectivity index (χ4v) is 2.20. The van der Waals surface area contributed by atoms with E-state index in [0.717, 1.165) is 4.90 Å². The molecule has 0 saturated heterocycles. The molecule has 0 spiro atoms. The van der Waals surface area contributed by atoms with Gasteiger partial charge in [0.15, 0.2) is 0 Å². The van der Waals surface area contributed by atoms with Crippen molar-refractivity contribution < 1.29 is 27.1 Å². The second-order valence-corrected chi connectivity index (χ2v) is 6.80. The van der Waals surface area contributed by atoms with Crippen LogP contribution in [0.15, 0.2) is 49.1 Å². The maximum atomic E-state index is 13.2. The topological polar surface area (TPSA) is 29.5 Å². The van der Waals surface area contributed by atoms with Gasteiger partial charge in [-0.3, -0.25) is 4.90 Å². The van der Waals surface area contributed by atoms with Crippen molar-refractivity contribution in [2.24, 2.45) is 0 Å². The maximum absolute atomic E-state index is 13.2. The first-order valence-corrected chi connectivity index (χ1v) is 7.96. The molecular weight excluding hydrogens is 350 g/mol. The summed E-state index contributed by atoms with van der Waals surface area (Å²) in [6.45, 7) is 10.7. The molecule has 1 rings (SSSR count). The van der Waals surface area contributed by atoms with Crippen molar-refractivity contribution in [1.82, 2.24) is 4.90 Å². The predicted octanol–water partition coefficient (Wildman–Crippen LogP) is 5.80. The quantitative estimate of drug-likeness (QED) is 0.466. The van der Waals surface area contributed by atoms with Crippen molar-refractivity contribution in [3.05, 3.63) is 60.5 Å². The molecule has 3 nitrogen and oxygen atoms in total. The monoisotopic (exact) mass is 373 g/mol. The van der Waals surface area contributed by atoms with Crippen LogP contribution in [0.4, 0.5) is 22.4 Å². The number of halogens is 4. The highest BCUT2D eigenvalue weighted by atomic mass is 19.4. The molecule has 7 heteroatoms. The summed E-state index contributed by atoms with van der Waals surface area (Å²) in [6, 6.07) is 4.38. The first-order valence-electron chi connectivity index (χ1n) is 7.96. The van der Waals surface area contributed by atoms with Crippen molar-refractivity contribution >= 4 is 6.09 Å². The van der Waals surface area contributed by atoms with Gasteiger partial charge in [-0.25, -0.2) is 9.18 Å². The lowest BCUT2D eigenvalue weighted by Crippen LogP contribution is -2.41. The molecule has 1 aromatic rings. The number of alkyl halides is 3. The molecule has 1 amide bonds. The Hall–Kier alpha value is -2.31. The summed E-state index contributed by atoms with van der Waals surface area (Å²) >= 11 is 0. The van der Waals surface area contributed by atoms with Crippen LogP contribution in [0.25, 0.3) is 0 Å². The first kappa shape index (κ1) is 21.7. The Kier molecular flexibility index (Phi) is 7.00. The van der Waals surface area contributed by atoms with Gasteiger partial charge >= 0.3 is 12.3 Å². The van der Waals surface area contributed by atoms with Gasteiger partial charge in [-0.15, -0.1) is 6.58 Å². The first-order chi connectivity index (χ1) is 11.8. The van der Waals surface area contributed by atoms with Crippen molar-refractivity contribution in [3.63, 3.8) is 0 Å². The Bertz CT molecular complexity index is 645. The van der Waals surface area contributed by atoms with Crippen LogP contribution >= 0.6 is 0 Å². The number of ether oxygens (including phenoxy) is 1. The zero-order valence-corrected chi connectivity index (χ0v) is 15.1. The Labute approximate surface area is 150 Å². The Morgan fingerprint density at radius 1 is 1.23 bits per heavy atom. The number of rotatable bonds is 6. The van der Waals surface area contributed by atoms with E-state index >= 15 is 0 Å². The van der Waals surface area contributed by atoms with Gasteiger partial charge in [0.2, 0.25) is 0 Å². The Morgan fingerprint density at radius 3 is 2.19 bits per heavy atom. The highest BCUT2D eigenvalue weighted by molar-refractivity contribution is 5.69. The van der Waals surface area contributed by atoms with E-state index in [-0.39, 0.29) is 6.42 Å². The fraction of sp³-hybridized carbons (Fsp3) is 0.421. The number of hydrogen-bond acceptors (Lipinski definition) is 2. The molecule has 1 atom stereocenters. The molecule has 1 unspecified atom stereocenters. The third-order valence-corrected chi connectivity index (χ3v) is 3.41. The molecule has 0 aromatic heterocycles. The molecule has 0 radical (unpaired) electrons. The Morgan fingerprint density at radius 2 is 1.77 bits per heavy atom. The second kappa shape index (κ2) is 8.38. The van der Waals surface area contributed by atoms with Gasteiger partial charge in [0.05, 0.1) is 12.6 Å². The lowest BCUT2D eigenvalue weighted by molar-refractivity contribution is -0.0960. The SMILES string of the molecule is C=CCC(c1ccc(F)cc1)N(CC(=C)C(F)(F)F)C(=O)OC(C)(C)C. The molecule has 0 aliphatic rings. The standard InChI is InChI=1S/C19H23F4NO2/c1-6-7-16(14-8-10-15(20)11-9-14)24(12-13(2)19(21,22)23)17(25)26-18(3,4)5/h6,8-11,16H,1-2,7,12H2,3-5H3. The zero-order valence-electron chi connectivity index (χ0n) is 15.1. The third kappa shape index (κ3) is 6.54. The minimum absolute atomic E-state index is 0.163. The summed E-state index contributed by atoms with van der Waals surface area (Å²) < 4.78 is 57.4. The van der Waals surface area contributed by atoms with E-state index < -0.39 is 41.8 Å². The van der Waals surface area contributed by atoms with Crippen LogP contribution in [0.2, 0.25) is 0 Å². The third-order valence-electron chi connectivity index (χ3n) is 3.41. The summed E-state index contributed by atoms with van der Waals surface area (Å²) in [6.07, 6.45) is -3.93. The van der Waals surface area contributed by atoms with Crippen molar-refractivity contribution in [2.75, 3.05) is 6.54 Å². The summed E-state index contributed by atoms with van der Waals surface area (Å²) in [5.74, 6) is -0.491. The molecule has 0 aliphatic heterocycles. The van der Waals surface area contributed by atoms with Crippen LogP contribution < -0.4 is 0 Å². The Balaban J connectivity index is 3.28. The summed E-state index contributed by atoms with van der Waals surface area (Å²) in [5.41, 5.74) is -1.51. The summed E-state index contributed by atoms with van der Waals surface area (Å²) in [7, 11) is 0. The van der Waals surface area contributed by atoms with Crippen LogP contribution in [0, 0.1) is 5.82 Å². The predicted molar refractivity (Wildman–Crippen MR) is 92.1 cm³/mol. The van der Waals surface area contributed by atoms with Crippen LogP contribution in [-0.2, 0) is 4.74 Å². The maximum Gasteiger partial charge on any atom is 0.413 e. The lowest BCUT2D eigenvalue weighted by atomic mass is 10.0. The minimum atomic E-state index is -4.65. The summed E-state index contributed by atoms with van der Waals surface area (Å²) in [5, 5.41) is 0. The largest absolute Gasteiger partial charge is 0.444 e. The van der Waals surface area contributed by atoms with Gasteiger partial charge in [0.1, 0.15) is 11.4 Å². The van der Waals surface area contributed by atoms with Gasteiger partial charge in [0.25, 0.3) is 0 Å². The van der Waals surface area contributed by atoms with Crippen LogP contribution in [-0.4, -0.2) is 29.3 Å². The smallest absolute Gasteiger partial charge is 0.413 e. The second-order valence-electron chi connectivity index (χ2n) is 6.80. The van der Waals surface area contributed by atoms with E-state index in [9.17, 15) is 22.4 Å². The molecule has 0 fully saturated rings. The van der Waals surface area contributed by atoms with E-state index in [4.69, 9.17) is 4.74 Å². The number of benzene rings is 1. The zero-order chi connectivity index (χ0) is 20.1. The molecule has 26 heavy (non-hydrogen) atoms. The number of amides is 1. The highest BCUT2D eigenvalue weighted by Crippen LogP contribution is 2.31. The van der Waals surface area contributed by atoms with Gasteiger partial charge in [-0.05, 0) is 44.9 Å². The van der Waals surface area contributed by atoms with E-state index in [1.165, 1.54) is 30.3 Å². The van der Waals surface area contributed by atoms with E-state index in [2.05, 4.69) is 13.2 Å². The molecule has 0 aliphatic carbocycles. The molecular formula is C19H23F4NO2. The minimum Gasteiger partial charge on any atom is -0.444 e. The lowest BCUT2D eigenvalue weighted by Gasteiger charge is -2.34. The normalized spacial score (nSPS) is 13.0. The number of hydrogen-bond donors (Lipinski definition) is 0.